The number of carbonyl (C=O) groups is 3. The Morgan fingerprint density at radius 1 is 1.06 bits per heavy atom. The highest BCUT2D eigenvalue weighted by Crippen LogP contribution is 2.44. The van der Waals surface area contributed by atoms with Gasteiger partial charge < -0.3 is 25.2 Å². The molecule has 1 fully saturated rings. The Morgan fingerprint density at radius 2 is 1.67 bits per heavy atom. The lowest BCUT2D eigenvalue weighted by Gasteiger charge is -2.23. The topological polar surface area (TPSA) is 114 Å². The first kappa shape index (κ1) is 22.8. The Kier molecular flexibility index (Phi) is 6.65. The summed E-state index contributed by atoms with van der Waals surface area (Å²) in [6, 6.07) is 15.1. The number of aliphatic carboxylic acids is 1. The molecule has 2 aromatic carbocycles. The minimum atomic E-state index is -0.997. The van der Waals surface area contributed by atoms with Crippen LogP contribution < -0.4 is 10.6 Å². The van der Waals surface area contributed by atoms with Crippen LogP contribution in [0.5, 0.6) is 0 Å². The maximum absolute atomic E-state index is 12.6. The third kappa shape index (κ3) is 4.71. The standard InChI is InChI=1S/C25H28N2O6/c1-14(24(29)30)15(2)26-23(28)22-21(11-12-32-22)27-25(31)33-13-20-18-9-5-3-7-16(18)17-8-4-6-10-19(17)20/h3-10,14-15,20-22H,11-13H2,1-2H3,(H,26,28)(H,27,31)(H,29,30). The second kappa shape index (κ2) is 9.62. The van der Waals surface area contributed by atoms with Gasteiger partial charge in [0.15, 0.2) is 6.10 Å². The van der Waals surface area contributed by atoms with Crippen molar-refractivity contribution in [1.82, 2.24) is 10.6 Å². The Hall–Kier alpha value is -3.39. The molecule has 1 aliphatic heterocycles. The third-order valence-electron chi connectivity index (χ3n) is 6.51. The summed E-state index contributed by atoms with van der Waals surface area (Å²) in [6.07, 6.45) is -1.04. The van der Waals surface area contributed by atoms with E-state index >= 15 is 0 Å². The molecule has 2 aromatic rings. The Labute approximate surface area is 192 Å². The maximum Gasteiger partial charge on any atom is 0.407 e. The fourth-order valence-electron chi connectivity index (χ4n) is 4.43. The number of carbonyl (C=O) groups excluding carboxylic acids is 2. The Balaban J connectivity index is 1.35. The average molecular weight is 453 g/mol. The van der Waals surface area contributed by atoms with E-state index in [0.29, 0.717) is 13.0 Å². The Morgan fingerprint density at radius 3 is 2.27 bits per heavy atom. The number of carboxylic acid groups (broad SMARTS) is 1. The summed E-state index contributed by atoms with van der Waals surface area (Å²) in [5.41, 5.74) is 4.53. The highest BCUT2D eigenvalue weighted by atomic mass is 16.6. The van der Waals surface area contributed by atoms with Gasteiger partial charge in [-0.2, -0.15) is 0 Å². The van der Waals surface area contributed by atoms with Gasteiger partial charge in [0, 0.05) is 18.6 Å². The van der Waals surface area contributed by atoms with Crippen molar-refractivity contribution < 1.29 is 29.0 Å². The molecule has 1 saturated heterocycles. The molecule has 4 unspecified atom stereocenters. The maximum atomic E-state index is 12.6. The van der Waals surface area contributed by atoms with Gasteiger partial charge in [-0.15, -0.1) is 0 Å². The first-order valence-corrected chi connectivity index (χ1v) is 11.1. The van der Waals surface area contributed by atoms with Crippen molar-refractivity contribution in [3.8, 4) is 11.1 Å². The molecule has 0 saturated carbocycles. The van der Waals surface area contributed by atoms with Crippen molar-refractivity contribution in [3.05, 3.63) is 59.7 Å². The van der Waals surface area contributed by atoms with E-state index < -0.39 is 42.1 Å². The van der Waals surface area contributed by atoms with Crippen molar-refractivity contribution in [3.63, 3.8) is 0 Å². The molecule has 33 heavy (non-hydrogen) atoms. The number of rotatable bonds is 7. The molecule has 8 nitrogen and oxygen atoms in total. The van der Waals surface area contributed by atoms with Gasteiger partial charge in [-0.1, -0.05) is 48.5 Å². The molecule has 1 heterocycles. The molecule has 2 aliphatic rings. The van der Waals surface area contributed by atoms with Crippen LogP contribution in [0.4, 0.5) is 4.79 Å². The molecule has 4 atom stereocenters. The van der Waals surface area contributed by atoms with Gasteiger partial charge in [-0.25, -0.2) is 4.79 Å². The summed E-state index contributed by atoms with van der Waals surface area (Å²) < 4.78 is 11.1. The zero-order chi connectivity index (χ0) is 23.5. The zero-order valence-corrected chi connectivity index (χ0v) is 18.6. The predicted octanol–water partition coefficient (Wildman–Crippen LogP) is 2.91. The normalized spacial score (nSPS) is 20.9. The molecule has 8 heteroatoms. The van der Waals surface area contributed by atoms with Gasteiger partial charge in [0.05, 0.1) is 12.0 Å². The number of fused-ring (bicyclic) bond motifs is 3. The fraction of sp³-hybridized carbons (Fsp3) is 0.400. The van der Waals surface area contributed by atoms with E-state index in [-0.39, 0.29) is 12.5 Å². The summed E-state index contributed by atoms with van der Waals surface area (Å²) >= 11 is 0. The molecule has 0 aromatic heterocycles. The van der Waals surface area contributed by atoms with Crippen LogP contribution in [0.3, 0.4) is 0 Å². The fourth-order valence-corrected chi connectivity index (χ4v) is 4.43. The molecule has 0 radical (unpaired) electrons. The minimum absolute atomic E-state index is 0.0552. The molecule has 3 N–H and O–H groups in total. The van der Waals surface area contributed by atoms with E-state index in [1.54, 1.807) is 6.92 Å². The van der Waals surface area contributed by atoms with E-state index in [4.69, 9.17) is 14.6 Å². The Bertz CT molecular complexity index is 1010. The lowest BCUT2D eigenvalue weighted by molar-refractivity contribution is -0.142. The number of alkyl carbamates (subject to hydrolysis) is 1. The number of nitrogens with one attached hydrogen (secondary N) is 2. The third-order valence-corrected chi connectivity index (χ3v) is 6.51. The van der Waals surface area contributed by atoms with Crippen LogP contribution in [0.15, 0.2) is 48.5 Å². The predicted molar refractivity (Wildman–Crippen MR) is 121 cm³/mol. The van der Waals surface area contributed by atoms with Crippen molar-refractivity contribution in [2.45, 2.75) is 44.4 Å². The van der Waals surface area contributed by atoms with Gasteiger partial charge in [-0.3, -0.25) is 9.59 Å². The molecular weight excluding hydrogens is 424 g/mol. The van der Waals surface area contributed by atoms with Crippen LogP contribution in [-0.2, 0) is 19.1 Å². The summed E-state index contributed by atoms with van der Waals surface area (Å²) in [5, 5.41) is 14.5. The molecule has 4 rings (SSSR count). The second-order valence-corrected chi connectivity index (χ2v) is 8.58. The van der Waals surface area contributed by atoms with Crippen LogP contribution in [0, 0.1) is 5.92 Å². The van der Waals surface area contributed by atoms with E-state index in [1.165, 1.54) is 6.92 Å². The average Bonchev–Trinajstić information content (AvgIpc) is 3.39. The summed E-state index contributed by atoms with van der Waals surface area (Å²) in [7, 11) is 0. The lowest BCUT2D eigenvalue weighted by atomic mass is 9.98. The highest BCUT2D eigenvalue weighted by Gasteiger charge is 2.37. The van der Waals surface area contributed by atoms with Crippen LogP contribution in [0.2, 0.25) is 0 Å². The molecule has 1 aliphatic carbocycles. The van der Waals surface area contributed by atoms with E-state index in [0.717, 1.165) is 22.3 Å². The number of amides is 2. The van der Waals surface area contributed by atoms with Gasteiger partial charge in [0.1, 0.15) is 6.61 Å². The van der Waals surface area contributed by atoms with Crippen LogP contribution in [-0.4, -0.2) is 54.5 Å². The van der Waals surface area contributed by atoms with Crippen molar-refractivity contribution in [2.75, 3.05) is 13.2 Å². The van der Waals surface area contributed by atoms with Crippen LogP contribution in [0.25, 0.3) is 11.1 Å². The van der Waals surface area contributed by atoms with E-state index in [1.807, 2.05) is 36.4 Å². The van der Waals surface area contributed by atoms with Gasteiger partial charge in [-0.05, 0) is 42.5 Å². The summed E-state index contributed by atoms with van der Waals surface area (Å²) in [6.45, 7) is 3.64. The smallest absolute Gasteiger partial charge is 0.407 e. The molecular formula is C25H28N2O6. The summed E-state index contributed by atoms with van der Waals surface area (Å²) in [4.78, 5) is 36.3. The van der Waals surface area contributed by atoms with Gasteiger partial charge in [0.25, 0.3) is 5.91 Å². The molecule has 0 spiro atoms. The highest BCUT2D eigenvalue weighted by molar-refractivity contribution is 5.84. The van der Waals surface area contributed by atoms with Crippen molar-refractivity contribution in [2.24, 2.45) is 5.92 Å². The van der Waals surface area contributed by atoms with E-state index in [9.17, 15) is 14.4 Å². The number of benzene rings is 2. The van der Waals surface area contributed by atoms with Gasteiger partial charge >= 0.3 is 12.1 Å². The molecule has 2 amide bonds. The number of hydrogen-bond donors (Lipinski definition) is 3. The van der Waals surface area contributed by atoms with Gasteiger partial charge in [0.2, 0.25) is 0 Å². The quantitative estimate of drug-likeness (QED) is 0.595. The SMILES string of the molecule is CC(NC(=O)C1OCCC1NC(=O)OCC1c2ccccc2-c2ccccc21)C(C)C(=O)O. The monoisotopic (exact) mass is 452 g/mol. The first-order chi connectivity index (χ1) is 15.9. The molecule has 174 valence electrons. The minimum Gasteiger partial charge on any atom is -0.481 e. The van der Waals surface area contributed by atoms with E-state index in [2.05, 4.69) is 22.8 Å². The summed E-state index contributed by atoms with van der Waals surface area (Å²) in [5.74, 6) is -2.25. The van der Waals surface area contributed by atoms with Crippen LogP contribution >= 0.6 is 0 Å². The second-order valence-electron chi connectivity index (χ2n) is 8.58. The van der Waals surface area contributed by atoms with Crippen molar-refractivity contribution in [1.29, 1.82) is 0 Å². The number of ether oxygens (including phenoxy) is 2. The zero-order valence-electron chi connectivity index (χ0n) is 18.6. The first-order valence-electron chi connectivity index (χ1n) is 11.1. The molecule has 0 bridgehead atoms. The number of hydrogen-bond acceptors (Lipinski definition) is 5. The number of carboxylic acids is 1. The lowest BCUT2D eigenvalue weighted by Crippen LogP contribution is -2.51. The largest absolute Gasteiger partial charge is 0.481 e. The van der Waals surface area contributed by atoms with Crippen LogP contribution in [0.1, 0.15) is 37.3 Å². The van der Waals surface area contributed by atoms with Crippen molar-refractivity contribution >= 4 is 18.0 Å².